The van der Waals surface area contributed by atoms with Crippen LogP contribution >= 0.6 is 0 Å². The Kier molecular flexibility index (Phi) is 3.08. The SMILES string of the molecule is COc1ccc(C(N(C)C)C2(C#N)CC2)cc1. The average molecular weight is 230 g/mol. The third-order valence-electron chi connectivity index (χ3n) is 3.48. The largest absolute Gasteiger partial charge is 0.497 e. The van der Waals surface area contributed by atoms with Crippen molar-refractivity contribution in [1.29, 1.82) is 5.26 Å². The number of nitriles is 1. The van der Waals surface area contributed by atoms with E-state index in [2.05, 4.69) is 23.1 Å². The molecule has 2 rings (SSSR count). The maximum Gasteiger partial charge on any atom is 0.118 e. The molecule has 0 heterocycles. The number of hydrogen-bond donors (Lipinski definition) is 0. The van der Waals surface area contributed by atoms with Gasteiger partial charge in [0.15, 0.2) is 0 Å². The summed E-state index contributed by atoms with van der Waals surface area (Å²) in [6.45, 7) is 0. The maximum absolute atomic E-state index is 9.34. The lowest BCUT2D eigenvalue weighted by atomic mass is 9.90. The molecule has 0 bridgehead atoms. The molecule has 0 aromatic heterocycles. The number of methoxy groups -OCH3 is 1. The molecule has 3 nitrogen and oxygen atoms in total. The number of benzene rings is 1. The summed E-state index contributed by atoms with van der Waals surface area (Å²) in [6, 6.07) is 10.7. The first-order chi connectivity index (χ1) is 8.13. The second-order valence-corrected chi connectivity index (χ2v) is 4.91. The van der Waals surface area contributed by atoms with Crippen LogP contribution in [-0.2, 0) is 0 Å². The Morgan fingerprint density at radius 1 is 1.29 bits per heavy atom. The van der Waals surface area contributed by atoms with Crippen molar-refractivity contribution in [3.8, 4) is 11.8 Å². The molecule has 1 aliphatic carbocycles. The van der Waals surface area contributed by atoms with Crippen molar-refractivity contribution in [3.63, 3.8) is 0 Å². The topological polar surface area (TPSA) is 36.3 Å². The zero-order valence-electron chi connectivity index (χ0n) is 10.6. The highest BCUT2D eigenvalue weighted by Crippen LogP contribution is 2.56. The van der Waals surface area contributed by atoms with Crippen LogP contribution in [0.2, 0.25) is 0 Å². The van der Waals surface area contributed by atoms with Crippen molar-refractivity contribution in [2.45, 2.75) is 18.9 Å². The molecule has 1 aromatic rings. The van der Waals surface area contributed by atoms with Crippen molar-refractivity contribution in [2.75, 3.05) is 21.2 Å². The smallest absolute Gasteiger partial charge is 0.118 e. The van der Waals surface area contributed by atoms with Gasteiger partial charge in [0.25, 0.3) is 0 Å². The van der Waals surface area contributed by atoms with E-state index in [1.54, 1.807) is 7.11 Å². The molecule has 0 radical (unpaired) electrons. The summed E-state index contributed by atoms with van der Waals surface area (Å²) in [4.78, 5) is 2.14. The average Bonchev–Trinajstić information content (AvgIpc) is 3.11. The van der Waals surface area contributed by atoms with Gasteiger partial charge in [-0.3, -0.25) is 0 Å². The van der Waals surface area contributed by atoms with Crippen LogP contribution in [0.5, 0.6) is 5.75 Å². The zero-order valence-corrected chi connectivity index (χ0v) is 10.6. The summed E-state index contributed by atoms with van der Waals surface area (Å²) in [5.74, 6) is 0.855. The molecule has 1 atom stereocenters. The van der Waals surface area contributed by atoms with Crippen molar-refractivity contribution in [3.05, 3.63) is 29.8 Å². The van der Waals surface area contributed by atoms with Crippen LogP contribution < -0.4 is 4.74 Å². The molecule has 0 aliphatic heterocycles. The van der Waals surface area contributed by atoms with Crippen LogP contribution in [0.1, 0.15) is 24.4 Å². The summed E-state index contributed by atoms with van der Waals surface area (Å²) < 4.78 is 5.16. The molecule has 90 valence electrons. The van der Waals surface area contributed by atoms with Gasteiger partial charge in [-0.2, -0.15) is 5.26 Å². The lowest BCUT2D eigenvalue weighted by molar-refractivity contribution is 0.232. The Labute approximate surface area is 103 Å². The predicted molar refractivity (Wildman–Crippen MR) is 66.7 cm³/mol. The summed E-state index contributed by atoms with van der Waals surface area (Å²) in [7, 11) is 5.73. The second kappa shape index (κ2) is 4.38. The molecule has 0 saturated heterocycles. The summed E-state index contributed by atoms with van der Waals surface area (Å²) >= 11 is 0. The van der Waals surface area contributed by atoms with Crippen molar-refractivity contribution in [2.24, 2.45) is 5.41 Å². The normalized spacial score (nSPS) is 18.5. The minimum Gasteiger partial charge on any atom is -0.497 e. The second-order valence-electron chi connectivity index (χ2n) is 4.91. The molecule has 1 aromatic carbocycles. The number of nitrogens with zero attached hydrogens (tertiary/aromatic N) is 2. The van der Waals surface area contributed by atoms with E-state index in [4.69, 9.17) is 4.74 Å². The zero-order chi connectivity index (χ0) is 12.5. The predicted octanol–water partition coefficient (Wildman–Crippen LogP) is 2.60. The van der Waals surface area contributed by atoms with Gasteiger partial charge >= 0.3 is 0 Å². The summed E-state index contributed by atoms with van der Waals surface area (Å²) in [5.41, 5.74) is 1.01. The van der Waals surface area contributed by atoms with Gasteiger partial charge in [-0.15, -0.1) is 0 Å². The number of rotatable bonds is 4. The molecule has 1 fully saturated rings. The molecule has 1 saturated carbocycles. The van der Waals surface area contributed by atoms with Gasteiger partial charge in [-0.05, 0) is 44.6 Å². The third kappa shape index (κ3) is 2.13. The van der Waals surface area contributed by atoms with Gasteiger partial charge in [0.2, 0.25) is 0 Å². The third-order valence-corrected chi connectivity index (χ3v) is 3.48. The van der Waals surface area contributed by atoms with Crippen LogP contribution in [0.25, 0.3) is 0 Å². The number of hydrogen-bond acceptors (Lipinski definition) is 3. The van der Waals surface area contributed by atoms with Gasteiger partial charge in [-0.25, -0.2) is 0 Å². The first-order valence-corrected chi connectivity index (χ1v) is 5.84. The molecule has 0 spiro atoms. The Hall–Kier alpha value is -1.53. The van der Waals surface area contributed by atoms with Crippen molar-refractivity contribution in [1.82, 2.24) is 4.90 Å². The Bertz CT molecular complexity index is 427. The molecule has 0 amide bonds. The Morgan fingerprint density at radius 2 is 1.88 bits per heavy atom. The minimum absolute atomic E-state index is 0.179. The van der Waals surface area contributed by atoms with Gasteiger partial charge in [-0.1, -0.05) is 12.1 Å². The van der Waals surface area contributed by atoms with Gasteiger partial charge in [0, 0.05) is 0 Å². The van der Waals surface area contributed by atoms with Crippen LogP contribution in [0.3, 0.4) is 0 Å². The van der Waals surface area contributed by atoms with Crippen molar-refractivity contribution < 1.29 is 4.74 Å². The lowest BCUT2D eigenvalue weighted by Crippen LogP contribution is -2.27. The molecular weight excluding hydrogens is 212 g/mol. The van der Waals surface area contributed by atoms with Gasteiger partial charge in [0.1, 0.15) is 5.75 Å². The molecule has 3 heteroatoms. The highest BCUT2D eigenvalue weighted by Gasteiger charge is 2.51. The monoisotopic (exact) mass is 230 g/mol. The fourth-order valence-corrected chi connectivity index (χ4v) is 2.48. The van der Waals surface area contributed by atoms with E-state index in [1.807, 2.05) is 26.2 Å². The van der Waals surface area contributed by atoms with E-state index in [1.165, 1.54) is 5.56 Å². The first kappa shape index (κ1) is 11.9. The molecule has 0 N–H and O–H groups in total. The van der Waals surface area contributed by atoms with Crippen LogP contribution in [0, 0.1) is 16.7 Å². The fourth-order valence-electron chi connectivity index (χ4n) is 2.48. The Balaban J connectivity index is 2.31. The van der Waals surface area contributed by atoms with E-state index in [-0.39, 0.29) is 11.5 Å². The van der Waals surface area contributed by atoms with Gasteiger partial charge in [0.05, 0.1) is 24.6 Å². The molecule has 1 aliphatic rings. The van der Waals surface area contributed by atoms with Crippen LogP contribution in [0.4, 0.5) is 0 Å². The molecule has 1 unspecified atom stereocenters. The quantitative estimate of drug-likeness (QED) is 0.797. The summed E-state index contributed by atoms with van der Waals surface area (Å²) in [5, 5.41) is 9.34. The van der Waals surface area contributed by atoms with E-state index >= 15 is 0 Å². The van der Waals surface area contributed by atoms with E-state index in [0.717, 1.165) is 18.6 Å². The van der Waals surface area contributed by atoms with E-state index in [0.29, 0.717) is 0 Å². The van der Waals surface area contributed by atoms with E-state index < -0.39 is 0 Å². The number of ether oxygens (including phenoxy) is 1. The van der Waals surface area contributed by atoms with Gasteiger partial charge < -0.3 is 9.64 Å². The van der Waals surface area contributed by atoms with Crippen molar-refractivity contribution >= 4 is 0 Å². The lowest BCUT2D eigenvalue weighted by Gasteiger charge is -2.29. The molecular formula is C14H18N2O. The van der Waals surface area contributed by atoms with E-state index in [9.17, 15) is 5.26 Å². The highest BCUT2D eigenvalue weighted by atomic mass is 16.5. The standard InChI is InChI=1S/C14H18N2O/c1-16(2)13(14(10-15)8-9-14)11-4-6-12(17-3)7-5-11/h4-7,13H,8-9H2,1-3H3. The van der Waals surface area contributed by atoms with Crippen LogP contribution in [0.15, 0.2) is 24.3 Å². The highest BCUT2D eigenvalue weighted by molar-refractivity contribution is 5.33. The van der Waals surface area contributed by atoms with Crippen LogP contribution in [-0.4, -0.2) is 26.1 Å². The maximum atomic E-state index is 9.34. The first-order valence-electron chi connectivity index (χ1n) is 5.84. The summed E-state index contributed by atoms with van der Waals surface area (Å²) in [6.07, 6.45) is 2.00. The Morgan fingerprint density at radius 3 is 2.24 bits per heavy atom. The fraction of sp³-hybridized carbons (Fsp3) is 0.500. The minimum atomic E-state index is -0.182. The molecule has 17 heavy (non-hydrogen) atoms.